The van der Waals surface area contributed by atoms with Gasteiger partial charge in [-0.2, -0.15) is 0 Å². The lowest BCUT2D eigenvalue weighted by atomic mass is 10.3. The minimum absolute atomic E-state index is 0.0324. The molecule has 0 aliphatic rings. The number of amides is 1. The maximum Gasteiger partial charge on any atom is 0.217 e. The standard InChI is InChI=1S/C8H9BrN2O/c1-6(12)11-4-7-2-8(9)5-10-3-7/h2-3,5H,4H2,1H3,(H,11,12). The van der Waals surface area contributed by atoms with Crippen LogP contribution in [0.3, 0.4) is 0 Å². The highest BCUT2D eigenvalue weighted by Gasteiger charge is 1.95. The van der Waals surface area contributed by atoms with E-state index in [1.165, 1.54) is 6.92 Å². The molecule has 1 amide bonds. The van der Waals surface area contributed by atoms with Gasteiger partial charge in [0, 0.05) is 30.3 Å². The maximum absolute atomic E-state index is 10.6. The van der Waals surface area contributed by atoms with Crippen LogP contribution in [-0.2, 0) is 11.3 Å². The molecule has 0 spiro atoms. The van der Waals surface area contributed by atoms with Gasteiger partial charge >= 0.3 is 0 Å². The van der Waals surface area contributed by atoms with E-state index in [0.717, 1.165) is 10.0 Å². The van der Waals surface area contributed by atoms with E-state index in [-0.39, 0.29) is 5.91 Å². The zero-order valence-corrected chi connectivity index (χ0v) is 8.26. The Bertz CT molecular complexity index is 288. The summed E-state index contributed by atoms with van der Waals surface area (Å²) in [4.78, 5) is 14.5. The van der Waals surface area contributed by atoms with Crippen molar-refractivity contribution in [2.45, 2.75) is 13.5 Å². The fourth-order valence-corrected chi connectivity index (χ4v) is 1.19. The number of halogens is 1. The molecule has 1 aromatic rings. The molecule has 4 heteroatoms. The molecule has 0 unspecified atom stereocenters. The van der Waals surface area contributed by atoms with Crippen LogP contribution >= 0.6 is 15.9 Å². The largest absolute Gasteiger partial charge is 0.352 e. The van der Waals surface area contributed by atoms with Crippen molar-refractivity contribution in [3.8, 4) is 0 Å². The summed E-state index contributed by atoms with van der Waals surface area (Å²) in [5.74, 6) is -0.0324. The predicted molar refractivity (Wildman–Crippen MR) is 49.5 cm³/mol. The summed E-state index contributed by atoms with van der Waals surface area (Å²) in [6, 6.07) is 1.92. The topological polar surface area (TPSA) is 42.0 Å². The fraction of sp³-hybridized carbons (Fsp3) is 0.250. The Morgan fingerprint density at radius 3 is 3.00 bits per heavy atom. The molecule has 1 heterocycles. The first-order chi connectivity index (χ1) is 5.68. The Morgan fingerprint density at radius 2 is 2.42 bits per heavy atom. The number of pyridine rings is 1. The third-order valence-electron chi connectivity index (χ3n) is 1.30. The molecule has 0 saturated carbocycles. The highest BCUT2D eigenvalue weighted by molar-refractivity contribution is 9.10. The summed E-state index contributed by atoms with van der Waals surface area (Å²) in [5, 5.41) is 2.69. The highest BCUT2D eigenvalue weighted by atomic mass is 79.9. The van der Waals surface area contributed by atoms with Crippen LogP contribution in [0.25, 0.3) is 0 Å². The van der Waals surface area contributed by atoms with Crippen LogP contribution in [0, 0.1) is 0 Å². The molecule has 64 valence electrons. The second-order valence-electron chi connectivity index (χ2n) is 2.42. The van der Waals surface area contributed by atoms with Gasteiger partial charge in [0.1, 0.15) is 0 Å². The van der Waals surface area contributed by atoms with Crippen molar-refractivity contribution in [3.63, 3.8) is 0 Å². The van der Waals surface area contributed by atoms with Crippen LogP contribution in [0.2, 0.25) is 0 Å². The lowest BCUT2D eigenvalue weighted by Crippen LogP contribution is -2.18. The van der Waals surface area contributed by atoms with E-state index in [9.17, 15) is 4.79 Å². The zero-order valence-electron chi connectivity index (χ0n) is 6.67. The summed E-state index contributed by atoms with van der Waals surface area (Å²) in [5.41, 5.74) is 0.986. The number of nitrogens with zero attached hydrogens (tertiary/aromatic N) is 1. The zero-order chi connectivity index (χ0) is 8.97. The summed E-state index contributed by atoms with van der Waals surface area (Å²) in [6.45, 7) is 2.02. The third-order valence-corrected chi connectivity index (χ3v) is 1.74. The molecular weight excluding hydrogens is 220 g/mol. The van der Waals surface area contributed by atoms with E-state index in [0.29, 0.717) is 6.54 Å². The maximum atomic E-state index is 10.6. The van der Waals surface area contributed by atoms with E-state index < -0.39 is 0 Å². The third kappa shape index (κ3) is 3.00. The molecule has 0 atom stereocenters. The molecule has 0 aliphatic carbocycles. The first-order valence-electron chi connectivity index (χ1n) is 3.52. The lowest BCUT2D eigenvalue weighted by molar-refractivity contribution is -0.119. The Hall–Kier alpha value is -0.900. The quantitative estimate of drug-likeness (QED) is 0.834. The van der Waals surface area contributed by atoms with Gasteiger partial charge in [0.2, 0.25) is 5.91 Å². The van der Waals surface area contributed by atoms with Crippen molar-refractivity contribution in [1.29, 1.82) is 0 Å². The second-order valence-corrected chi connectivity index (χ2v) is 3.34. The molecule has 0 aromatic carbocycles. The van der Waals surface area contributed by atoms with Gasteiger partial charge in [0.05, 0.1) is 0 Å². The Balaban J connectivity index is 2.57. The van der Waals surface area contributed by atoms with Gasteiger partial charge in [-0.1, -0.05) is 0 Å². The number of rotatable bonds is 2. The van der Waals surface area contributed by atoms with E-state index >= 15 is 0 Å². The van der Waals surface area contributed by atoms with Crippen LogP contribution in [0.1, 0.15) is 12.5 Å². The van der Waals surface area contributed by atoms with Gasteiger partial charge in [0.25, 0.3) is 0 Å². The first-order valence-corrected chi connectivity index (χ1v) is 4.31. The van der Waals surface area contributed by atoms with E-state index in [1.807, 2.05) is 6.07 Å². The predicted octanol–water partition coefficient (Wildman–Crippen LogP) is 1.48. The van der Waals surface area contributed by atoms with E-state index in [1.54, 1.807) is 12.4 Å². The molecular formula is C8H9BrN2O. The van der Waals surface area contributed by atoms with Gasteiger partial charge in [-0.25, -0.2) is 0 Å². The Labute approximate surface area is 79.3 Å². The van der Waals surface area contributed by atoms with Crippen molar-refractivity contribution >= 4 is 21.8 Å². The van der Waals surface area contributed by atoms with Crippen LogP contribution in [0.15, 0.2) is 22.9 Å². The van der Waals surface area contributed by atoms with Gasteiger partial charge in [-0.05, 0) is 27.6 Å². The first kappa shape index (κ1) is 9.19. The monoisotopic (exact) mass is 228 g/mol. The van der Waals surface area contributed by atoms with Gasteiger partial charge in [-0.3, -0.25) is 9.78 Å². The summed E-state index contributed by atoms with van der Waals surface area (Å²) >= 11 is 3.29. The van der Waals surface area contributed by atoms with Crippen molar-refractivity contribution in [2.24, 2.45) is 0 Å². The SMILES string of the molecule is CC(=O)NCc1cncc(Br)c1. The van der Waals surface area contributed by atoms with E-state index in [2.05, 4.69) is 26.2 Å². The van der Waals surface area contributed by atoms with E-state index in [4.69, 9.17) is 0 Å². The molecule has 0 saturated heterocycles. The highest BCUT2D eigenvalue weighted by Crippen LogP contribution is 2.08. The number of nitrogens with one attached hydrogen (secondary N) is 1. The van der Waals surface area contributed by atoms with Crippen LogP contribution in [-0.4, -0.2) is 10.9 Å². The molecule has 1 rings (SSSR count). The van der Waals surface area contributed by atoms with Crippen LogP contribution < -0.4 is 5.32 Å². The Kier molecular flexibility index (Phi) is 3.22. The van der Waals surface area contributed by atoms with Crippen molar-refractivity contribution in [3.05, 3.63) is 28.5 Å². The summed E-state index contributed by atoms with van der Waals surface area (Å²) in [7, 11) is 0. The normalized spacial score (nSPS) is 9.50. The van der Waals surface area contributed by atoms with Gasteiger partial charge < -0.3 is 5.32 Å². The molecule has 0 bridgehead atoms. The lowest BCUT2D eigenvalue weighted by Gasteiger charge is -2.01. The summed E-state index contributed by atoms with van der Waals surface area (Å²) in [6.07, 6.45) is 3.43. The molecule has 0 fully saturated rings. The minimum Gasteiger partial charge on any atom is -0.352 e. The average molecular weight is 229 g/mol. The minimum atomic E-state index is -0.0324. The van der Waals surface area contributed by atoms with Crippen molar-refractivity contribution in [1.82, 2.24) is 10.3 Å². The van der Waals surface area contributed by atoms with Crippen molar-refractivity contribution < 1.29 is 4.79 Å². The molecule has 1 N–H and O–H groups in total. The van der Waals surface area contributed by atoms with Crippen LogP contribution in [0.5, 0.6) is 0 Å². The summed E-state index contributed by atoms with van der Waals surface area (Å²) < 4.78 is 0.922. The van der Waals surface area contributed by atoms with Crippen LogP contribution in [0.4, 0.5) is 0 Å². The molecule has 3 nitrogen and oxygen atoms in total. The Morgan fingerprint density at radius 1 is 1.67 bits per heavy atom. The number of carbonyl (C=O) groups excluding carboxylic acids is 1. The second kappa shape index (κ2) is 4.21. The van der Waals surface area contributed by atoms with Crippen molar-refractivity contribution in [2.75, 3.05) is 0 Å². The number of carbonyl (C=O) groups is 1. The number of aromatic nitrogens is 1. The molecule has 0 aliphatic heterocycles. The smallest absolute Gasteiger partial charge is 0.217 e. The van der Waals surface area contributed by atoms with Gasteiger partial charge in [0.15, 0.2) is 0 Å². The average Bonchev–Trinajstić information content (AvgIpc) is 2.01. The molecule has 12 heavy (non-hydrogen) atoms. The fourth-order valence-electron chi connectivity index (χ4n) is 0.779. The number of hydrogen-bond donors (Lipinski definition) is 1. The van der Waals surface area contributed by atoms with Gasteiger partial charge in [-0.15, -0.1) is 0 Å². The molecule has 0 radical (unpaired) electrons. The molecule has 1 aromatic heterocycles. The number of hydrogen-bond acceptors (Lipinski definition) is 2.